The summed E-state index contributed by atoms with van der Waals surface area (Å²) in [6, 6.07) is 11.3. The average Bonchev–Trinajstić information content (AvgIpc) is 2.39. The fourth-order valence-corrected chi connectivity index (χ4v) is 1.94. The Bertz CT molecular complexity index is 497. The van der Waals surface area contributed by atoms with E-state index < -0.39 is 0 Å². The Balaban J connectivity index is 2.14. The fourth-order valence-electron chi connectivity index (χ4n) is 1.70. The molecule has 0 aliphatic rings. The van der Waals surface area contributed by atoms with Gasteiger partial charge in [-0.15, -0.1) is 0 Å². The number of hydrogen-bond acceptors (Lipinski definition) is 3. The van der Waals surface area contributed by atoms with Gasteiger partial charge in [0.2, 0.25) is 0 Å². The summed E-state index contributed by atoms with van der Waals surface area (Å²) in [6.07, 6.45) is 2.35. The number of nitrogens with one attached hydrogen (secondary N) is 1. The molecule has 0 saturated carbocycles. The lowest BCUT2D eigenvalue weighted by molar-refractivity contribution is 0.538. The van der Waals surface area contributed by atoms with E-state index in [1.165, 1.54) is 0 Å². The van der Waals surface area contributed by atoms with Crippen molar-refractivity contribution in [2.45, 2.75) is 12.5 Å². The molecule has 1 aromatic heterocycles. The molecule has 2 rings (SSSR count). The van der Waals surface area contributed by atoms with Crippen molar-refractivity contribution in [1.82, 2.24) is 10.4 Å². The zero-order chi connectivity index (χ0) is 13.0. The molecule has 0 radical (unpaired) electrons. The van der Waals surface area contributed by atoms with Gasteiger partial charge in [-0.2, -0.15) is 0 Å². The predicted octanol–water partition coefficient (Wildman–Crippen LogP) is 3.14. The Morgan fingerprint density at radius 3 is 2.28 bits per heavy atom. The van der Waals surface area contributed by atoms with Crippen LogP contribution in [0.4, 0.5) is 0 Å². The van der Waals surface area contributed by atoms with Crippen molar-refractivity contribution >= 4 is 23.2 Å². The van der Waals surface area contributed by atoms with Crippen molar-refractivity contribution in [2.75, 3.05) is 0 Å². The summed E-state index contributed by atoms with van der Waals surface area (Å²) in [5.41, 5.74) is 4.76. The molecule has 0 fully saturated rings. The molecule has 0 aliphatic carbocycles. The van der Waals surface area contributed by atoms with Gasteiger partial charge in [0.15, 0.2) is 0 Å². The van der Waals surface area contributed by atoms with Gasteiger partial charge in [0.25, 0.3) is 0 Å². The first-order chi connectivity index (χ1) is 8.69. The fraction of sp³-hybridized carbons (Fsp3) is 0.154. The highest BCUT2D eigenvalue weighted by Gasteiger charge is 2.11. The van der Waals surface area contributed by atoms with Crippen LogP contribution in [-0.2, 0) is 6.42 Å². The molecule has 2 aromatic rings. The minimum Gasteiger partial charge on any atom is -0.271 e. The highest BCUT2D eigenvalue weighted by atomic mass is 35.5. The van der Waals surface area contributed by atoms with Crippen LogP contribution in [0, 0.1) is 0 Å². The van der Waals surface area contributed by atoms with E-state index in [9.17, 15) is 0 Å². The summed E-state index contributed by atoms with van der Waals surface area (Å²) in [7, 11) is 0. The normalized spacial score (nSPS) is 12.4. The number of aromatic nitrogens is 1. The van der Waals surface area contributed by atoms with Gasteiger partial charge in [0, 0.05) is 11.2 Å². The van der Waals surface area contributed by atoms with Gasteiger partial charge in [0.1, 0.15) is 0 Å². The summed E-state index contributed by atoms with van der Waals surface area (Å²) in [6.45, 7) is 0. The van der Waals surface area contributed by atoms with Gasteiger partial charge in [-0.3, -0.25) is 16.3 Å². The smallest absolute Gasteiger partial charge is 0.0672 e. The molecule has 18 heavy (non-hydrogen) atoms. The van der Waals surface area contributed by atoms with Crippen molar-refractivity contribution in [1.29, 1.82) is 0 Å². The van der Waals surface area contributed by atoms with E-state index in [2.05, 4.69) is 10.4 Å². The van der Waals surface area contributed by atoms with E-state index in [1.807, 2.05) is 30.3 Å². The van der Waals surface area contributed by atoms with Crippen molar-refractivity contribution in [2.24, 2.45) is 5.84 Å². The van der Waals surface area contributed by atoms with E-state index in [1.54, 1.807) is 12.3 Å². The maximum Gasteiger partial charge on any atom is 0.0672 e. The lowest BCUT2D eigenvalue weighted by Crippen LogP contribution is -2.30. The second kappa shape index (κ2) is 6.16. The molecule has 5 heteroatoms. The molecule has 1 unspecified atom stereocenters. The van der Waals surface area contributed by atoms with Crippen LogP contribution in [0.5, 0.6) is 0 Å². The molecule has 3 nitrogen and oxygen atoms in total. The summed E-state index contributed by atoms with van der Waals surface area (Å²) in [5, 5.41) is 1.33. The number of hydrogen-bond donors (Lipinski definition) is 2. The van der Waals surface area contributed by atoms with Crippen LogP contribution in [0.2, 0.25) is 10.0 Å². The van der Waals surface area contributed by atoms with Gasteiger partial charge >= 0.3 is 0 Å². The van der Waals surface area contributed by atoms with Crippen molar-refractivity contribution in [3.05, 3.63) is 63.9 Å². The Kier molecular flexibility index (Phi) is 4.55. The Morgan fingerprint density at radius 1 is 1.06 bits per heavy atom. The molecule has 0 aliphatic heterocycles. The third kappa shape index (κ3) is 3.43. The maximum atomic E-state index is 5.85. The van der Waals surface area contributed by atoms with E-state index in [-0.39, 0.29) is 6.04 Å². The third-order valence-corrected chi connectivity index (χ3v) is 3.14. The van der Waals surface area contributed by atoms with Crippen LogP contribution < -0.4 is 11.3 Å². The van der Waals surface area contributed by atoms with Gasteiger partial charge in [0.05, 0.1) is 16.8 Å². The molecule has 3 N–H and O–H groups in total. The van der Waals surface area contributed by atoms with Crippen molar-refractivity contribution in [3.63, 3.8) is 0 Å². The van der Waals surface area contributed by atoms with Gasteiger partial charge in [-0.25, -0.2) is 0 Å². The number of benzene rings is 1. The molecule has 0 amide bonds. The molecule has 1 heterocycles. The summed E-state index contributed by atoms with van der Waals surface area (Å²) < 4.78 is 0. The molecule has 94 valence electrons. The largest absolute Gasteiger partial charge is 0.271 e. The van der Waals surface area contributed by atoms with Gasteiger partial charge in [-0.1, -0.05) is 35.3 Å². The van der Waals surface area contributed by atoms with Crippen LogP contribution in [0.1, 0.15) is 17.3 Å². The van der Waals surface area contributed by atoms with E-state index >= 15 is 0 Å². The van der Waals surface area contributed by atoms with Crippen LogP contribution in [-0.4, -0.2) is 4.98 Å². The third-order valence-electron chi connectivity index (χ3n) is 2.66. The zero-order valence-electron chi connectivity index (χ0n) is 9.61. The number of rotatable bonds is 4. The molecule has 0 spiro atoms. The summed E-state index contributed by atoms with van der Waals surface area (Å²) in [5.74, 6) is 5.57. The standard InChI is InChI=1S/C13H13Cl2N3/c14-10-3-1-9(2-4-10)7-13(18-16)12-6-5-11(15)8-17-12/h1-6,8,13,18H,7,16H2. The van der Waals surface area contributed by atoms with Crippen LogP contribution in [0.15, 0.2) is 42.6 Å². The summed E-state index contributed by atoms with van der Waals surface area (Å²) >= 11 is 11.7. The lowest BCUT2D eigenvalue weighted by Gasteiger charge is -2.15. The molecule has 0 saturated heterocycles. The number of nitrogens with two attached hydrogens (primary N) is 1. The molecule has 0 bridgehead atoms. The number of pyridine rings is 1. The maximum absolute atomic E-state index is 5.85. The second-order valence-corrected chi connectivity index (χ2v) is 4.82. The zero-order valence-corrected chi connectivity index (χ0v) is 11.1. The van der Waals surface area contributed by atoms with E-state index in [4.69, 9.17) is 29.0 Å². The minimum absolute atomic E-state index is 0.0524. The number of hydrazine groups is 1. The monoisotopic (exact) mass is 281 g/mol. The molecular formula is C13H13Cl2N3. The quantitative estimate of drug-likeness (QED) is 0.669. The predicted molar refractivity (Wildman–Crippen MR) is 74.5 cm³/mol. The molecule has 1 atom stereocenters. The van der Waals surface area contributed by atoms with E-state index in [0.29, 0.717) is 5.02 Å². The lowest BCUT2D eigenvalue weighted by atomic mass is 10.0. The van der Waals surface area contributed by atoms with Gasteiger partial charge in [-0.05, 0) is 36.2 Å². The first-order valence-electron chi connectivity index (χ1n) is 5.51. The number of halogens is 2. The van der Waals surface area contributed by atoms with Crippen LogP contribution in [0.25, 0.3) is 0 Å². The van der Waals surface area contributed by atoms with Crippen molar-refractivity contribution in [3.8, 4) is 0 Å². The Morgan fingerprint density at radius 2 is 1.72 bits per heavy atom. The molecule has 1 aromatic carbocycles. The Hall–Kier alpha value is -1.13. The van der Waals surface area contributed by atoms with Crippen LogP contribution >= 0.6 is 23.2 Å². The second-order valence-electron chi connectivity index (χ2n) is 3.95. The highest BCUT2D eigenvalue weighted by molar-refractivity contribution is 6.30. The first kappa shape index (κ1) is 13.3. The number of nitrogens with zero attached hydrogens (tertiary/aromatic N) is 1. The molecular weight excluding hydrogens is 269 g/mol. The minimum atomic E-state index is -0.0524. The Labute approximate surface area is 116 Å². The van der Waals surface area contributed by atoms with E-state index in [0.717, 1.165) is 22.7 Å². The van der Waals surface area contributed by atoms with Crippen molar-refractivity contribution < 1.29 is 0 Å². The van der Waals surface area contributed by atoms with Gasteiger partial charge < -0.3 is 0 Å². The van der Waals surface area contributed by atoms with Crippen LogP contribution in [0.3, 0.4) is 0 Å². The SMILES string of the molecule is NNC(Cc1ccc(Cl)cc1)c1ccc(Cl)cn1. The highest BCUT2D eigenvalue weighted by Crippen LogP contribution is 2.18. The average molecular weight is 282 g/mol. The first-order valence-corrected chi connectivity index (χ1v) is 6.26. The summed E-state index contributed by atoms with van der Waals surface area (Å²) in [4.78, 5) is 4.26. The topological polar surface area (TPSA) is 50.9 Å².